The Kier molecular flexibility index (Phi) is 4.02. The highest BCUT2D eigenvalue weighted by Gasteiger charge is 2.35. The van der Waals surface area contributed by atoms with Gasteiger partial charge in [-0.3, -0.25) is 9.59 Å². The summed E-state index contributed by atoms with van der Waals surface area (Å²) in [4.78, 5) is 35.9. The second-order valence-electron chi connectivity index (χ2n) is 4.58. The fourth-order valence-corrected chi connectivity index (χ4v) is 2.31. The van der Waals surface area contributed by atoms with Crippen molar-refractivity contribution < 1.29 is 24.2 Å². The molecule has 0 saturated carbocycles. The molecule has 1 aromatic carbocycles. The third kappa shape index (κ3) is 2.79. The molecule has 1 fully saturated rings. The molecule has 106 valence electrons. The summed E-state index contributed by atoms with van der Waals surface area (Å²) < 4.78 is 4.99. The summed E-state index contributed by atoms with van der Waals surface area (Å²) in [6.45, 7) is 1.64. The van der Waals surface area contributed by atoms with Crippen LogP contribution >= 0.6 is 0 Å². The molecule has 20 heavy (non-hydrogen) atoms. The highest BCUT2D eigenvalue weighted by Crippen LogP contribution is 2.25. The molecular weight excluding hydrogens is 262 g/mol. The van der Waals surface area contributed by atoms with Gasteiger partial charge in [0, 0.05) is 13.5 Å². The number of rotatable bonds is 3. The first-order valence-electron chi connectivity index (χ1n) is 6.32. The lowest BCUT2D eigenvalue weighted by molar-refractivity contribution is -0.141. The number of hydrogen-bond acceptors (Lipinski definition) is 4. The predicted molar refractivity (Wildman–Crippen MR) is 69.4 cm³/mol. The Morgan fingerprint density at radius 2 is 2.00 bits per heavy atom. The summed E-state index contributed by atoms with van der Waals surface area (Å²) >= 11 is 0. The summed E-state index contributed by atoms with van der Waals surface area (Å²) in [5, 5.41) is 9.11. The molecule has 0 radical (unpaired) electrons. The summed E-state index contributed by atoms with van der Waals surface area (Å²) in [5.74, 6) is -1.81. The number of carboxylic acid groups (broad SMARTS) is 1. The van der Waals surface area contributed by atoms with Crippen LogP contribution in [-0.2, 0) is 9.59 Å². The fraction of sp³-hybridized carbons (Fsp3) is 0.357. The minimum atomic E-state index is -1.01. The van der Waals surface area contributed by atoms with Gasteiger partial charge in [-0.25, -0.2) is 4.79 Å². The minimum Gasteiger partial charge on any atom is -0.480 e. The highest BCUT2D eigenvalue weighted by atomic mass is 16.5. The van der Waals surface area contributed by atoms with Crippen LogP contribution in [0.25, 0.3) is 0 Å². The van der Waals surface area contributed by atoms with Crippen molar-refractivity contribution in [2.24, 2.45) is 0 Å². The van der Waals surface area contributed by atoms with E-state index in [1.165, 1.54) is 24.0 Å². The molecule has 6 nitrogen and oxygen atoms in total. The molecule has 1 aliphatic rings. The predicted octanol–water partition coefficient (Wildman–Crippen LogP) is 1.30. The number of aliphatic carboxylic acids is 1. The fourth-order valence-electron chi connectivity index (χ4n) is 2.31. The van der Waals surface area contributed by atoms with Gasteiger partial charge in [-0.2, -0.15) is 0 Å². The first kappa shape index (κ1) is 14.0. The SMILES string of the molecule is CC(=O)Oc1ccccc1C(=O)N1CCCC1C(=O)O. The van der Waals surface area contributed by atoms with E-state index in [-0.39, 0.29) is 11.3 Å². The van der Waals surface area contributed by atoms with Gasteiger partial charge in [0.15, 0.2) is 0 Å². The number of carboxylic acids is 1. The number of carbonyl (C=O) groups is 3. The summed E-state index contributed by atoms with van der Waals surface area (Å²) in [6, 6.07) is 5.52. The number of amides is 1. The number of carbonyl (C=O) groups excluding carboxylic acids is 2. The summed E-state index contributed by atoms with van der Waals surface area (Å²) in [5.41, 5.74) is 0.204. The van der Waals surface area contributed by atoms with E-state index in [1.54, 1.807) is 12.1 Å². The van der Waals surface area contributed by atoms with Crippen LogP contribution in [0, 0.1) is 0 Å². The summed E-state index contributed by atoms with van der Waals surface area (Å²) in [6.07, 6.45) is 1.09. The number of likely N-dealkylation sites (tertiary alicyclic amines) is 1. The molecule has 1 saturated heterocycles. The molecule has 1 heterocycles. The largest absolute Gasteiger partial charge is 0.480 e. The van der Waals surface area contributed by atoms with E-state index in [4.69, 9.17) is 9.84 Å². The van der Waals surface area contributed by atoms with Crippen molar-refractivity contribution in [3.63, 3.8) is 0 Å². The molecule has 1 aromatic rings. The Morgan fingerprint density at radius 3 is 2.65 bits per heavy atom. The van der Waals surface area contributed by atoms with Crippen LogP contribution in [0.3, 0.4) is 0 Å². The Balaban J connectivity index is 2.29. The maximum atomic E-state index is 12.4. The van der Waals surface area contributed by atoms with Gasteiger partial charge in [-0.05, 0) is 25.0 Å². The molecule has 0 aliphatic carbocycles. The average molecular weight is 277 g/mol. The molecular formula is C14H15NO5. The zero-order valence-corrected chi connectivity index (χ0v) is 11.0. The topological polar surface area (TPSA) is 83.9 Å². The van der Waals surface area contributed by atoms with Crippen molar-refractivity contribution in [1.82, 2.24) is 4.90 Å². The summed E-state index contributed by atoms with van der Waals surface area (Å²) in [7, 11) is 0. The maximum Gasteiger partial charge on any atom is 0.326 e. The smallest absolute Gasteiger partial charge is 0.326 e. The van der Waals surface area contributed by atoms with Crippen LogP contribution in [0.4, 0.5) is 0 Å². The monoisotopic (exact) mass is 277 g/mol. The second kappa shape index (κ2) is 5.73. The van der Waals surface area contributed by atoms with E-state index in [9.17, 15) is 14.4 Å². The lowest BCUT2D eigenvalue weighted by Crippen LogP contribution is -2.40. The minimum absolute atomic E-state index is 0.154. The van der Waals surface area contributed by atoms with Gasteiger partial charge < -0.3 is 14.7 Å². The van der Waals surface area contributed by atoms with Gasteiger partial charge in [0.05, 0.1) is 5.56 Å². The first-order valence-corrected chi connectivity index (χ1v) is 6.32. The Bertz CT molecular complexity index is 554. The standard InChI is InChI=1S/C14H15NO5/c1-9(16)20-12-7-3-2-5-10(12)13(17)15-8-4-6-11(15)14(18)19/h2-3,5,7,11H,4,6,8H2,1H3,(H,18,19). The third-order valence-electron chi connectivity index (χ3n) is 3.17. The Hall–Kier alpha value is -2.37. The molecule has 1 amide bonds. The molecule has 0 aromatic heterocycles. The van der Waals surface area contributed by atoms with E-state index in [0.29, 0.717) is 19.4 Å². The number of esters is 1. The van der Waals surface area contributed by atoms with Crippen LogP contribution in [-0.4, -0.2) is 40.4 Å². The normalized spacial score (nSPS) is 17.9. The molecule has 1 unspecified atom stereocenters. The van der Waals surface area contributed by atoms with Crippen LogP contribution in [0.15, 0.2) is 24.3 Å². The first-order chi connectivity index (χ1) is 9.50. The molecule has 1 atom stereocenters. The van der Waals surface area contributed by atoms with Gasteiger partial charge in [0.25, 0.3) is 5.91 Å². The third-order valence-corrected chi connectivity index (χ3v) is 3.17. The molecule has 6 heteroatoms. The van der Waals surface area contributed by atoms with E-state index < -0.39 is 23.9 Å². The van der Waals surface area contributed by atoms with Gasteiger partial charge in [0.1, 0.15) is 11.8 Å². The quantitative estimate of drug-likeness (QED) is 0.665. The van der Waals surface area contributed by atoms with Crippen molar-refractivity contribution in [3.8, 4) is 5.75 Å². The van der Waals surface area contributed by atoms with E-state index >= 15 is 0 Å². The molecule has 2 rings (SSSR count). The van der Waals surface area contributed by atoms with Crippen LogP contribution in [0.5, 0.6) is 5.75 Å². The van der Waals surface area contributed by atoms with Gasteiger partial charge >= 0.3 is 11.9 Å². The van der Waals surface area contributed by atoms with Gasteiger partial charge in [-0.1, -0.05) is 12.1 Å². The average Bonchev–Trinajstić information content (AvgIpc) is 2.87. The number of nitrogens with zero attached hydrogens (tertiary/aromatic N) is 1. The van der Waals surface area contributed by atoms with Crippen molar-refractivity contribution in [2.75, 3.05) is 6.54 Å². The number of ether oxygens (including phenoxy) is 1. The van der Waals surface area contributed by atoms with Crippen molar-refractivity contribution in [3.05, 3.63) is 29.8 Å². The van der Waals surface area contributed by atoms with Crippen LogP contribution in [0.2, 0.25) is 0 Å². The highest BCUT2D eigenvalue weighted by molar-refractivity contribution is 5.99. The van der Waals surface area contributed by atoms with E-state index in [0.717, 1.165) is 0 Å². The second-order valence-corrected chi connectivity index (χ2v) is 4.58. The van der Waals surface area contributed by atoms with Crippen molar-refractivity contribution in [1.29, 1.82) is 0 Å². The van der Waals surface area contributed by atoms with E-state index in [1.807, 2.05) is 0 Å². The van der Waals surface area contributed by atoms with Crippen LogP contribution < -0.4 is 4.74 Å². The molecule has 0 spiro atoms. The van der Waals surface area contributed by atoms with Crippen molar-refractivity contribution in [2.45, 2.75) is 25.8 Å². The maximum absolute atomic E-state index is 12.4. The van der Waals surface area contributed by atoms with Gasteiger partial charge in [-0.15, -0.1) is 0 Å². The van der Waals surface area contributed by atoms with Crippen molar-refractivity contribution >= 4 is 17.8 Å². The lowest BCUT2D eigenvalue weighted by atomic mass is 10.1. The zero-order valence-electron chi connectivity index (χ0n) is 11.0. The van der Waals surface area contributed by atoms with Gasteiger partial charge in [0.2, 0.25) is 0 Å². The Labute approximate surface area is 115 Å². The lowest BCUT2D eigenvalue weighted by Gasteiger charge is -2.22. The number of hydrogen-bond donors (Lipinski definition) is 1. The molecule has 1 N–H and O–H groups in total. The molecule has 0 bridgehead atoms. The Morgan fingerprint density at radius 1 is 1.30 bits per heavy atom. The number of benzene rings is 1. The number of para-hydroxylation sites is 1. The van der Waals surface area contributed by atoms with E-state index in [2.05, 4.69) is 0 Å². The molecule has 1 aliphatic heterocycles. The zero-order chi connectivity index (χ0) is 14.7. The van der Waals surface area contributed by atoms with Crippen LogP contribution in [0.1, 0.15) is 30.1 Å².